The van der Waals surface area contributed by atoms with E-state index >= 15 is 0 Å². The molecule has 2 aromatic heterocycles. The Hall–Kier alpha value is -2.68. The molecule has 9 heteroatoms. The minimum atomic E-state index is -0.879. The van der Waals surface area contributed by atoms with Crippen LogP contribution in [0.1, 0.15) is 36.2 Å². The van der Waals surface area contributed by atoms with Gasteiger partial charge in [0.2, 0.25) is 5.91 Å². The molecular formula is C16H24N6O3. The van der Waals surface area contributed by atoms with Gasteiger partial charge < -0.3 is 24.9 Å². The molecule has 0 bridgehead atoms. The highest BCUT2D eigenvalue weighted by Crippen LogP contribution is 2.06. The number of aliphatic hydroxyl groups is 1. The predicted octanol–water partition coefficient (Wildman–Crippen LogP) is -0.353. The summed E-state index contributed by atoms with van der Waals surface area (Å²) in [4.78, 5) is 23.9. The average Bonchev–Trinajstić information content (AvgIpc) is 3.19. The minimum absolute atomic E-state index is 0.0437. The Labute approximate surface area is 146 Å². The number of aromatic nitrogens is 4. The monoisotopic (exact) mass is 348 g/mol. The van der Waals surface area contributed by atoms with Gasteiger partial charge in [-0.05, 0) is 26.0 Å². The van der Waals surface area contributed by atoms with Crippen LogP contribution in [0.4, 0.5) is 0 Å². The van der Waals surface area contributed by atoms with Crippen LogP contribution in [0.25, 0.3) is 0 Å². The van der Waals surface area contributed by atoms with Crippen LogP contribution in [-0.4, -0.2) is 55.4 Å². The SMILES string of the molecule is CC(C)n1cnnc1CC(=O)NCC(O)CNC(=O)c1cccn1C. The van der Waals surface area contributed by atoms with Crippen LogP contribution < -0.4 is 10.6 Å². The van der Waals surface area contributed by atoms with Crippen molar-refractivity contribution in [3.8, 4) is 0 Å². The fraction of sp³-hybridized carbons (Fsp3) is 0.500. The van der Waals surface area contributed by atoms with Crippen LogP contribution in [0.2, 0.25) is 0 Å². The highest BCUT2D eigenvalue weighted by atomic mass is 16.3. The maximum atomic E-state index is 12.0. The van der Waals surface area contributed by atoms with Gasteiger partial charge in [-0.1, -0.05) is 0 Å². The molecule has 0 aliphatic heterocycles. The van der Waals surface area contributed by atoms with Crippen molar-refractivity contribution in [1.29, 1.82) is 0 Å². The summed E-state index contributed by atoms with van der Waals surface area (Å²) in [5, 5.41) is 22.9. The molecule has 2 amide bonds. The summed E-state index contributed by atoms with van der Waals surface area (Å²) < 4.78 is 3.50. The molecule has 2 heterocycles. The van der Waals surface area contributed by atoms with Gasteiger partial charge in [-0.25, -0.2) is 0 Å². The second-order valence-electron chi connectivity index (χ2n) is 6.10. The zero-order valence-electron chi connectivity index (χ0n) is 14.6. The van der Waals surface area contributed by atoms with Crippen LogP contribution in [0.5, 0.6) is 0 Å². The van der Waals surface area contributed by atoms with Crippen LogP contribution in [0.15, 0.2) is 24.7 Å². The molecule has 0 aliphatic carbocycles. The molecule has 0 aliphatic rings. The number of nitrogens with zero attached hydrogens (tertiary/aromatic N) is 4. The van der Waals surface area contributed by atoms with Crippen LogP contribution in [0, 0.1) is 0 Å². The van der Waals surface area contributed by atoms with E-state index in [9.17, 15) is 14.7 Å². The van der Waals surface area contributed by atoms with Crippen molar-refractivity contribution in [1.82, 2.24) is 30.0 Å². The number of aliphatic hydroxyl groups excluding tert-OH is 1. The Balaban J connectivity index is 1.73. The number of carbonyl (C=O) groups excluding carboxylic acids is 2. The number of carbonyl (C=O) groups is 2. The van der Waals surface area contributed by atoms with E-state index in [1.165, 1.54) is 0 Å². The first-order valence-electron chi connectivity index (χ1n) is 8.11. The van der Waals surface area contributed by atoms with Gasteiger partial charge in [0.25, 0.3) is 5.91 Å². The lowest BCUT2D eigenvalue weighted by Crippen LogP contribution is -2.40. The average molecular weight is 348 g/mol. The summed E-state index contributed by atoms with van der Waals surface area (Å²) in [7, 11) is 1.77. The first kappa shape index (κ1) is 18.7. The standard InChI is InChI=1S/C16H24N6O3/c1-11(2)22-10-19-20-14(22)7-15(24)17-8-12(23)9-18-16(25)13-5-4-6-21(13)3/h4-6,10-12,23H,7-9H2,1-3H3,(H,17,24)(H,18,25). The van der Waals surface area contributed by atoms with E-state index < -0.39 is 6.10 Å². The van der Waals surface area contributed by atoms with Crippen LogP contribution in [0.3, 0.4) is 0 Å². The summed E-state index contributed by atoms with van der Waals surface area (Å²) >= 11 is 0. The Kier molecular flexibility index (Phi) is 6.29. The maximum Gasteiger partial charge on any atom is 0.267 e. The molecule has 2 aromatic rings. The van der Waals surface area contributed by atoms with Crippen molar-refractivity contribution >= 4 is 11.8 Å². The molecule has 0 saturated heterocycles. The van der Waals surface area contributed by atoms with E-state index in [0.29, 0.717) is 11.5 Å². The lowest BCUT2D eigenvalue weighted by atomic mass is 10.3. The van der Waals surface area contributed by atoms with E-state index in [0.717, 1.165) is 0 Å². The molecule has 0 radical (unpaired) electrons. The zero-order chi connectivity index (χ0) is 18.4. The molecule has 1 atom stereocenters. The number of nitrogens with one attached hydrogen (secondary N) is 2. The normalized spacial score (nSPS) is 12.2. The Morgan fingerprint density at radius 3 is 2.64 bits per heavy atom. The van der Waals surface area contributed by atoms with Gasteiger partial charge in [0.05, 0.1) is 12.5 Å². The summed E-state index contributed by atoms with van der Waals surface area (Å²) in [6.07, 6.45) is 2.56. The fourth-order valence-corrected chi connectivity index (χ4v) is 2.33. The van der Waals surface area contributed by atoms with Gasteiger partial charge in [0, 0.05) is 32.4 Å². The molecule has 9 nitrogen and oxygen atoms in total. The predicted molar refractivity (Wildman–Crippen MR) is 90.9 cm³/mol. The minimum Gasteiger partial charge on any atom is -0.389 e. The fourth-order valence-electron chi connectivity index (χ4n) is 2.33. The van der Waals surface area contributed by atoms with E-state index in [1.54, 1.807) is 36.3 Å². The lowest BCUT2D eigenvalue weighted by molar-refractivity contribution is -0.121. The highest BCUT2D eigenvalue weighted by Gasteiger charge is 2.14. The van der Waals surface area contributed by atoms with E-state index in [2.05, 4.69) is 20.8 Å². The van der Waals surface area contributed by atoms with Gasteiger partial charge >= 0.3 is 0 Å². The van der Waals surface area contributed by atoms with Crippen molar-refractivity contribution in [3.05, 3.63) is 36.2 Å². The molecule has 136 valence electrons. The molecule has 0 saturated carbocycles. The molecule has 0 fully saturated rings. The van der Waals surface area contributed by atoms with Crippen molar-refractivity contribution in [3.63, 3.8) is 0 Å². The highest BCUT2D eigenvalue weighted by molar-refractivity contribution is 5.92. The molecule has 0 aromatic carbocycles. The van der Waals surface area contributed by atoms with Gasteiger partial charge in [-0.3, -0.25) is 9.59 Å². The van der Waals surface area contributed by atoms with Gasteiger partial charge in [-0.2, -0.15) is 0 Å². The third-order valence-electron chi connectivity index (χ3n) is 3.73. The largest absolute Gasteiger partial charge is 0.389 e. The number of amides is 2. The quantitative estimate of drug-likeness (QED) is 0.603. The Morgan fingerprint density at radius 1 is 1.28 bits per heavy atom. The van der Waals surface area contributed by atoms with Crippen molar-refractivity contribution in [2.75, 3.05) is 13.1 Å². The molecular weight excluding hydrogens is 324 g/mol. The maximum absolute atomic E-state index is 12.0. The Bertz CT molecular complexity index is 721. The first-order valence-corrected chi connectivity index (χ1v) is 8.11. The Morgan fingerprint density at radius 2 is 2.00 bits per heavy atom. The smallest absolute Gasteiger partial charge is 0.267 e. The van der Waals surface area contributed by atoms with Crippen LogP contribution >= 0.6 is 0 Å². The summed E-state index contributed by atoms with van der Waals surface area (Å²) in [6, 6.07) is 3.62. The third kappa shape index (κ3) is 5.15. The number of hydrogen-bond donors (Lipinski definition) is 3. The summed E-state index contributed by atoms with van der Waals surface area (Å²) in [5.74, 6) is 0.0321. The zero-order valence-corrected chi connectivity index (χ0v) is 14.6. The third-order valence-corrected chi connectivity index (χ3v) is 3.73. The molecule has 3 N–H and O–H groups in total. The lowest BCUT2D eigenvalue weighted by Gasteiger charge is -2.14. The second kappa shape index (κ2) is 8.43. The molecule has 1 unspecified atom stereocenters. The van der Waals surface area contributed by atoms with E-state index in [-0.39, 0.29) is 37.4 Å². The number of rotatable bonds is 8. The van der Waals surface area contributed by atoms with Crippen molar-refractivity contribution in [2.45, 2.75) is 32.4 Å². The van der Waals surface area contributed by atoms with Crippen LogP contribution in [-0.2, 0) is 18.3 Å². The summed E-state index contributed by atoms with van der Waals surface area (Å²) in [5.41, 5.74) is 0.504. The second-order valence-corrected chi connectivity index (χ2v) is 6.10. The number of hydrogen-bond acceptors (Lipinski definition) is 5. The van der Waals surface area contributed by atoms with E-state index in [4.69, 9.17) is 0 Å². The van der Waals surface area contributed by atoms with Gasteiger partial charge in [0.1, 0.15) is 17.8 Å². The first-order chi connectivity index (χ1) is 11.9. The molecule has 25 heavy (non-hydrogen) atoms. The topological polar surface area (TPSA) is 114 Å². The molecule has 2 rings (SSSR count). The van der Waals surface area contributed by atoms with Crippen molar-refractivity contribution < 1.29 is 14.7 Å². The van der Waals surface area contributed by atoms with E-state index in [1.807, 2.05) is 18.4 Å². The van der Waals surface area contributed by atoms with Gasteiger partial charge in [-0.15, -0.1) is 10.2 Å². The molecule has 0 spiro atoms. The van der Waals surface area contributed by atoms with Gasteiger partial charge in [0.15, 0.2) is 0 Å². The summed E-state index contributed by atoms with van der Waals surface area (Å²) in [6.45, 7) is 4.04. The number of aryl methyl sites for hydroxylation is 1. The van der Waals surface area contributed by atoms with Crippen molar-refractivity contribution in [2.24, 2.45) is 7.05 Å².